The summed E-state index contributed by atoms with van der Waals surface area (Å²) in [5, 5.41) is 2.32. The second-order valence-corrected chi connectivity index (χ2v) is 5.67. The van der Waals surface area contributed by atoms with Crippen LogP contribution in [0.25, 0.3) is 0 Å². The van der Waals surface area contributed by atoms with Gasteiger partial charge < -0.3 is 10.1 Å². The first-order valence-corrected chi connectivity index (χ1v) is 5.89. The Morgan fingerprint density at radius 1 is 1.17 bits per heavy atom. The van der Waals surface area contributed by atoms with Crippen LogP contribution in [-0.2, 0) is 9.53 Å². The number of carbonyl (C=O) groups excluding carboxylic acids is 1. The highest BCUT2D eigenvalue weighted by atomic mass is 19.4. The van der Waals surface area contributed by atoms with Crippen molar-refractivity contribution in [2.45, 2.75) is 52.8 Å². The Hall–Kier alpha value is -0.780. The van der Waals surface area contributed by atoms with E-state index >= 15 is 0 Å². The monoisotopic (exact) mass is 269 g/mol. The van der Waals surface area contributed by atoms with Crippen molar-refractivity contribution < 1.29 is 22.7 Å². The summed E-state index contributed by atoms with van der Waals surface area (Å²) in [5.41, 5.74) is -1.52. The zero-order valence-corrected chi connectivity index (χ0v) is 11.6. The number of nitrogens with one attached hydrogen (secondary N) is 1. The molecule has 0 aromatic heterocycles. The van der Waals surface area contributed by atoms with Crippen LogP contribution < -0.4 is 5.32 Å². The van der Waals surface area contributed by atoms with E-state index in [1.54, 1.807) is 27.7 Å². The van der Waals surface area contributed by atoms with Crippen LogP contribution in [0.3, 0.4) is 0 Å². The van der Waals surface area contributed by atoms with Crippen LogP contribution in [0.5, 0.6) is 0 Å². The van der Waals surface area contributed by atoms with Gasteiger partial charge in [-0.15, -0.1) is 0 Å². The van der Waals surface area contributed by atoms with E-state index < -0.39 is 29.6 Å². The van der Waals surface area contributed by atoms with Crippen molar-refractivity contribution in [3.8, 4) is 0 Å². The summed E-state index contributed by atoms with van der Waals surface area (Å²) in [6, 6.07) is 0. The number of alkyl halides is 3. The average molecular weight is 269 g/mol. The summed E-state index contributed by atoms with van der Waals surface area (Å²) >= 11 is 0. The van der Waals surface area contributed by atoms with Crippen LogP contribution in [0.2, 0.25) is 0 Å². The standard InChI is InChI=1S/C12H22F3NO2/c1-6-10(2,3)9(17)18-8-11(4,5)16-7-12(13,14)15/h16H,6-8H2,1-5H3. The molecule has 0 spiro atoms. The molecule has 0 aliphatic heterocycles. The molecule has 0 fully saturated rings. The highest BCUT2D eigenvalue weighted by Gasteiger charge is 2.33. The summed E-state index contributed by atoms with van der Waals surface area (Å²) in [6.45, 7) is 7.27. The van der Waals surface area contributed by atoms with Crippen molar-refractivity contribution in [2.75, 3.05) is 13.2 Å². The maximum absolute atomic E-state index is 12.1. The second kappa shape index (κ2) is 5.91. The molecule has 18 heavy (non-hydrogen) atoms. The van der Waals surface area contributed by atoms with Crippen molar-refractivity contribution in [1.82, 2.24) is 5.32 Å². The van der Waals surface area contributed by atoms with Crippen LogP contribution in [0.15, 0.2) is 0 Å². The number of carbonyl (C=O) groups is 1. The first-order valence-electron chi connectivity index (χ1n) is 5.89. The molecule has 0 heterocycles. The van der Waals surface area contributed by atoms with Gasteiger partial charge >= 0.3 is 12.1 Å². The highest BCUT2D eigenvalue weighted by molar-refractivity contribution is 5.75. The largest absolute Gasteiger partial charge is 0.463 e. The first-order chi connectivity index (χ1) is 7.90. The van der Waals surface area contributed by atoms with E-state index in [0.717, 1.165) is 0 Å². The number of ether oxygens (including phenoxy) is 1. The van der Waals surface area contributed by atoms with E-state index in [9.17, 15) is 18.0 Å². The van der Waals surface area contributed by atoms with E-state index in [0.29, 0.717) is 6.42 Å². The van der Waals surface area contributed by atoms with Crippen molar-refractivity contribution in [3.05, 3.63) is 0 Å². The van der Waals surface area contributed by atoms with Gasteiger partial charge in [-0.05, 0) is 34.1 Å². The smallest absolute Gasteiger partial charge is 0.401 e. The molecule has 0 saturated carbocycles. The van der Waals surface area contributed by atoms with Gasteiger partial charge in [0.15, 0.2) is 0 Å². The van der Waals surface area contributed by atoms with Gasteiger partial charge in [0.05, 0.1) is 12.0 Å². The van der Waals surface area contributed by atoms with Gasteiger partial charge in [-0.25, -0.2) is 0 Å². The number of hydrogen-bond acceptors (Lipinski definition) is 3. The molecule has 0 aliphatic rings. The Morgan fingerprint density at radius 3 is 2.06 bits per heavy atom. The minimum absolute atomic E-state index is 0.0919. The summed E-state index contributed by atoms with van der Waals surface area (Å²) in [7, 11) is 0. The van der Waals surface area contributed by atoms with Crippen LogP contribution in [0.1, 0.15) is 41.0 Å². The highest BCUT2D eigenvalue weighted by Crippen LogP contribution is 2.22. The lowest BCUT2D eigenvalue weighted by Crippen LogP contribution is -2.48. The van der Waals surface area contributed by atoms with E-state index in [4.69, 9.17) is 4.74 Å². The van der Waals surface area contributed by atoms with Gasteiger partial charge in [0.2, 0.25) is 0 Å². The maximum atomic E-state index is 12.1. The Bertz CT molecular complexity index is 286. The molecular formula is C12H22F3NO2. The van der Waals surface area contributed by atoms with Gasteiger partial charge in [-0.2, -0.15) is 13.2 Å². The molecule has 0 aromatic rings. The molecular weight excluding hydrogens is 247 g/mol. The predicted molar refractivity (Wildman–Crippen MR) is 63.2 cm³/mol. The molecule has 108 valence electrons. The number of rotatable bonds is 6. The molecule has 0 bridgehead atoms. The molecule has 0 radical (unpaired) electrons. The zero-order valence-electron chi connectivity index (χ0n) is 11.6. The summed E-state index contributed by atoms with van der Waals surface area (Å²) in [4.78, 5) is 11.7. The number of hydrogen-bond donors (Lipinski definition) is 1. The van der Waals surface area contributed by atoms with Gasteiger partial charge in [0.1, 0.15) is 6.61 Å². The molecule has 3 nitrogen and oxygen atoms in total. The number of esters is 1. The van der Waals surface area contributed by atoms with E-state index in [1.807, 2.05) is 6.92 Å². The molecule has 0 aliphatic carbocycles. The predicted octanol–water partition coefficient (Wildman–Crippen LogP) is 2.90. The molecule has 0 atom stereocenters. The number of halogens is 3. The average Bonchev–Trinajstić information content (AvgIpc) is 2.22. The Balaban J connectivity index is 4.23. The van der Waals surface area contributed by atoms with Crippen LogP contribution >= 0.6 is 0 Å². The lowest BCUT2D eigenvalue weighted by molar-refractivity contribution is -0.157. The van der Waals surface area contributed by atoms with Gasteiger partial charge in [-0.1, -0.05) is 6.92 Å². The normalized spacial score (nSPS) is 13.6. The SMILES string of the molecule is CCC(C)(C)C(=O)OCC(C)(C)NCC(F)(F)F. The van der Waals surface area contributed by atoms with Crippen molar-refractivity contribution in [1.29, 1.82) is 0 Å². The minimum atomic E-state index is -4.27. The van der Waals surface area contributed by atoms with Crippen molar-refractivity contribution in [3.63, 3.8) is 0 Å². The topological polar surface area (TPSA) is 38.3 Å². The lowest BCUT2D eigenvalue weighted by Gasteiger charge is -2.29. The van der Waals surface area contributed by atoms with Gasteiger partial charge in [0.25, 0.3) is 0 Å². The Labute approximate surface area is 106 Å². The molecule has 0 saturated heterocycles. The third kappa shape index (κ3) is 6.83. The van der Waals surface area contributed by atoms with Crippen LogP contribution in [-0.4, -0.2) is 30.8 Å². The van der Waals surface area contributed by atoms with Gasteiger partial charge in [-0.3, -0.25) is 4.79 Å². The third-order valence-electron chi connectivity index (χ3n) is 2.77. The lowest BCUT2D eigenvalue weighted by atomic mass is 9.90. The summed E-state index contributed by atoms with van der Waals surface area (Å²) in [6.07, 6.45) is -3.66. The van der Waals surface area contributed by atoms with E-state index in [-0.39, 0.29) is 6.61 Å². The summed E-state index contributed by atoms with van der Waals surface area (Å²) in [5.74, 6) is -0.396. The zero-order chi connectivity index (χ0) is 14.6. The van der Waals surface area contributed by atoms with E-state index in [2.05, 4.69) is 5.32 Å². The maximum Gasteiger partial charge on any atom is 0.401 e. The van der Waals surface area contributed by atoms with Crippen molar-refractivity contribution in [2.24, 2.45) is 5.41 Å². The quantitative estimate of drug-likeness (QED) is 0.753. The fraction of sp³-hybridized carbons (Fsp3) is 0.917. The molecule has 0 rings (SSSR count). The van der Waals surface area contributed by atoms with Crippen LogP contribution in [0.4, 0.5) is 13.2 Å². The Kier molecular flexibility index (Phi) is 5.65. The van der Waals surface area contributed by atoms with Gasteiger partial charge in [0, 0.05) is 5.54 Å². The van der Waals surface area contributed by atoms with Crippen LogP contribution in [0, 0.1) is 5.41 Å². The molecule has 0 aromatic carbocycles. The third-order valence-corrected chi connectivity index (χ3v) is 2.77. The Morgan fingerprint density at radius 2 is 1.67 bits per heavy atom. The minimum Gasteiger partial charge on any atom is -0.463 e. The fourth-order valence-corrected chi connectivity index (χ4v) is 0.976. The molecule has 0 unspecified atom stereocenters. The van der Waals surface area contributed by atoms with E-state index in [1.165, 1.54) is 0 Å². The summed E-state index contributed by atoms with van der Waals surface area (Å²) < 4.78 is 41.2. The first kappa shape index (κ1) is 17.2. The molecule has 6 heteroatoms. The molecule has 0 amide bonds. The van der Waals surface area contributed by atoms with Crippen molar-refractivity contribution >= 4 is 5.97 Å². The second-order valence-electron chi connectivity index (χ2n) is 5.67. The fourth-order valence-electron chi connectivity index (χ4n) is 0.976. The molecule has 1 N–H and O–H groups in total.